The number of carbonyl (C=O) groups is 2. The molecular weight excluding hydrogens is 381 g/mol. The highest BCUT2D eigenvalue weighted by molar-refractivity contribution is 5.94. The molecule has 2 saturated carbocycles. The number of hydrogen-bond donors (Lipinski definition) is 1. The number of carbonyl (C=O) groups excluding carboxylic acids is 2. The second-order valence-electron chi connectivity index (χ2n) is 8.32. The zero-order valence-corrected chi connectivity index (χ0v) is 16.9. The van der Waals surface area contributed by atoms with Crippen LogP contribution in [0.1, 0.15) is 42.5 Å². The van der Waals surface area contributed by atoms with Gasteiger partial charge < -0.3 is 15.5 Å². The van der Waals surface area contributed by atoms with Crippen LogP contribution in [0.2, 0.25) is 0 Å². The van der Waals surface area contributed by atoms with E-state index in [1.54, 1.807) is 4.90 Å². The number of benzene rings is 1. The molecule has 7 heteroatoms. The average molecular weight is 410 g/mol. The number of fused-ring (bicyclic) bond motifs is 2. The molecule has 5 nitrogen and oxygen atoms in total. The molecule has 0 aromatic heterocycles. The normalized spacial score (nSPS) is 29.8. The molecule has 1 aromatic rings. The standard InChI is InChI=1S/C21H28FN3O2.ClH/c22-18-6-4-14(5-7-18)20(26)24-8-10-25(11-9-24)21(27)17-12-15-2-1-3-16(13-17)19(15)23;/h4-7,15-17,19H,1-3,8-13,23H2;1H. The van der Waals surface area contributed by atoms with Gasteiger partial charge >= 0.3 is 0 Å². The summed E-state index contributed by atoms with van der Waals surface area (Å²) >= 11 is 0. The van der Waals surface area contributed by atoms with Crippen LogP contribution in [-0.4, -0.2) is 53.8 Å². The van der Waals surface area contributed by atoms with Gasteiger partial charge in [-0.15, -0.1) is 12.4 Å². The molecule has 3 aliphatic rings. The first-order valence-electron chi connectivity index (χ1n) is 10.1. The Bertz CT molecular complexity index is 692. The van der Waals surface area contributed by atoms with Gasteiger partial charge in [0.05, 0.1) is 0 Å². The maximum absolute atomic E-state index is 13.0. The van der Waals surface area contributed by atoms with E-state index in [1.807, 2.05) is 4.90 Å². The van der Waals surface area contributed by atoms with Crippen molar-refractivity contribution >= 4 is 24.2 Å². The fourth-order valence-corrected chi connectivity index (χ4v) is 5.15. The lowest BCUT2D eigenvalue weighted by Gasteiger charge is -2.45. The summed E-state index contributed by atoms with van der Waals surface area (Å²) in [6, 6.07) is 5.90. The number of halogens is 2. The van der Waals surface area contributed by atoms with Gasteiger partial charge in [-0.3, -0.25) is 9.59 Å². The maximum atomic E-state index is 13.0. The van der Waals surface area contributed by atoms with Gasteiger partial charge in [-0.2, -0.15) is 0 Å². The predicted octanol–water partition coefficient (Wildman–Crippen LogP) is 2.69. The summed E-state index contributed by atoms with van der Waals surface area (Å²) in [6.07, 6.45) is 5.40. The number of hydrogen-bond acceptors (Lipinski definition) is 3. The lowest BCUT2D eigenvalue weighted by atomic mass is 9.65. The van der Waals surface area contributed by atoms with Gasteiger partial charge in [0.2, 0.25) is 5.91 Å². The number of rotatable bonds is 2. The van der Waals surface area contributed by atoms with E-state index in [2.05, 4.69) is 0 Å². The summed E-state index contributed by atoms with van der Waals surface area (Å²) in [7, 11) is 0. The Kier molecular flexibility index (Phi) is 6.61. The molecule has 2 unspecified atom stereocenters. The molecule has 0 radical (unpaired) electrons. The minimum absolute atomic E-state index is 0. The van der Waals surface area contributed by atoms with E-state index in [1.165, 1.54) is 30.7 Å². The molecule has 2 amide bonds. The highest BCUT2D eigenvalue weighted by Crippen LogP contribution is 2.42. The summed E-state index contributed by atoms with van der Waals surface area (Å²) in [5.41, 5.74) is 6.84. The van der Waals surface area contributed by atoms with E-state index in [-0.39, 0.29) is 42.0 Å². The molecule has 3 fully saturated rings. The Hall–Kier alpha value is -1.66. The minimum atomic E-state index is -0.348. The van der Waals surface area contributed by atoms with E-state index < -0.39 is 0 Å². The van der Waals surface area contributed by atoms with Crippen LogP contribution in [0.25, 0.3) is 0 Å². The van der Waals surface area contributed by atoms with Crippen LogP contribution in [0, 0.1) is 23.6 Å². The first-order chi connectivity index (χ1) is 13.0. The first kappa shape index (κ1) is 21.1. The van der Waals surface area contributed by atoms with Crippen LogP contribution >= 0.6 is 12.4 Å². The SMILES string of the molecule is Cl.NC1C2CCCC1CC(C(=O)N1CCN(C(=O)c3ccc(F)cc3)CC1)C2. The monoisotopic (exact) mass is 409 g/mol. The second-order valence-corrected chi connectivity index (χ2v) is 8.32. The molecule has 28 heavy (non-hydrogen) atoms. The van der Waals surface area contributed by atoms with Crippen molar-refractivity contribution in [2.24, 2.45) is 23.5 Å². The lowest BCUT2D eigenvalue weighted by Crippen LogP contribution is -2.54. The lowest BCUT2D eigenvalue weighted by molar-refractivity contribution is -0.140. The topological polar surface area (TPSA) is 66.6 Å². The smallest absolute Gasteiger partial charge is 0.253 e. The van der Waals surface area contributed by atoms with Gasteiger partial charge in [0.25, 0.3) is 5.91 Å². The number of nitrogens with two attached hydrogens (primary N) is 1. The first-order valence-corrected chi connectivity index (χ1v) is 10.1. The van der Waals surface area contributed by atoms with Crippen molar-refractivity contribution in [3.63, 3.8) is 0 Å². The van der Waals surface area contributed by atoms with Gasteiger partial charge in [0, 0.05) is 43.7 Å². The van der Waals surface area contributed by atoms with E-state index in [4.69, 9.17) is 5.73 Å². The zero-order chi connectivity index (χ0) is 19.0. The highest BCUT2D eigenvalue weighted by Gasteiger charge is 2.42. The number of piperazine rings is 1. The minimum Gasteiger partial charge on any atom is -0.339 e. The van der Waals surface area contributed by atoms with Crippen LogP contribution in [0.15, 0.2) is 24.3 Å². The van der Waals surface area contributed by atoms with E-state index in [9.17, 15) is 14.0 Å². The van der Waals surface area contributed by atoms with E-state index >= 15 is 0 Å². The molecular formula is C21H29ClFN3O2. The van der Waals surface area contributed by atoms with E-state index in [0.29, 0.717) is 43.6 Å². The van der Waals surface area contributed by atoms with Gasteiger partial charge in [0.15, 0.2) is 0 Å². The molecule has 0 spiro atoms. The Labute approximate surface area is 171 Å². The number of nitrogens with zero attached hydrogens (tertiary/aromatic N) is 2. The van der Waals surface area contributed by atoms with Crippen molar-refractivity contribution in [3.05, 3.63) is 35.6 Å². The number of amides is 2. The van der Waals surface area contributed by atoms with Crippen molar-refractivity contribution in [2.75, 3.05) is 26.2 Å². The molecule has 1 saturated heterocycles. The predicted molar refractivity (Wildman–Crippen MR) is 108 cm³/mol. The molecule has 1 aromatic carbocycles. The third-order valence-corrected chi connectivity index (χ3v) is 6.73. The van der Waals surface area contributed by atoms with Crippen LogP contribution < -0.4 is 5.73 Å². The maximum Gasteiger partial charge on any atom is 0.253 e. The Morgan fingerprint density at radius 2 is 1.46 bits per heavy atom. The fourth-order valence-electron chi connectivity index (χ4n) is 5.15. The van der Waals surface area contributed by atoms with Crippen molar-refractivity contribution in [3.8, 4) is 0 Å². The van der Waals surface area contributed by atoms with Gasteiger partial charge in [-0.05, 0) is 61.8 Å². The van der Waals surface area contributed by atoms with Crippen LogP contribution in [0.4, 0.5) is 4.39 Å². The summed E-state index contributed by atoms with van der Waals surface area (Å²) in [6.45, 7) is 2.20. The molecule has 2 bridgehead atoms. The Balaban J connectivity index is 0.00000225. The van der Waals surface area contributed by atoms with Crippen molar-refractivity contribution in [1.29, 1.82) is 0 Å². The van der Waals surface area contributed by atoms with Gasteiger partial charge in [-0.25, -0.2) is 4.39 Å². The summed E-state index contributed by atoms with van der Waals surface area (Å²) in [5.74, 6) is 0.881. The average Bonchev–Trinajstić information content (AvgIpc) is 2.67. The summed E-state index contributed by atoms with van der Waals surface area (Å²) < 4.78 is 13.0. The van der Waals surface area contributed by atoms with E-state index in [0.717, 1.165) is 25.7 Å². The molecule has 1 aliphatic heterocycles. The molecule has 1 heterocycles. The van der Waals surface area contributed by atoms with Crippen molar-refractivity contribution in [2.45, 2.75) is 38.1 Å². The largest absolute Gasteiger partial charge is 0.339 e. The molecule has 154 valence electrons. The molecule has 4 rings (SSSR count). The molecule has 2 N–H and O–H groups in total. The van der Waals surface area contributed by atoms with Crippen LogP contribution in [-0.2, 0) is 4.79 Å². The second kappa shape index (κ2) is 8.78. The Morgan fingerprint density at radius 1 is 0.929 bits per heavy atom. The third-order valence-electron chi connectivity index (χ3n) is 6.73. The molecule has 2 aliphatic carbocycles. The van der Waals surface area contributed by atoms with Crippen molar-refractivity contribution < 1.29 is 14.0 Å². The van der Waals surface area contributed by atoms with Crippen LogP contribution in [0.5, 0.6) is 0 Å². The third kappa shape index (κ3) is 4.18. The molecule has 2 atom stereocenters. The van der Waals surface area contributed by atoms with Gasteiger partial charge in [-0.1, -0.05) is 6.42 Å². The highest BCUT2D eigenvalue weighted by atomic mass is 35.5. The Morgan fingerprint density at radius 3 is 2.04 bits per heavy atom. The van der Waals surface area contributed by atoms with Crippen LogP contribution in [0.3, 0.4) is 0 Å². The van der Waals surface area contributed by atoms with Gasteiger partial charge in [0.1, 0.15) is 5.82 Å². The van der Waals surface area contributed by atoms with Crippen molar-refractivity contribution in [1.82, 2.24) is 9.80 Å². The quantitative estimate of drug-likeness (QED) is 0.816. The summed E-state index contributed by atoms with van der Waals surface area (Å²) in [4.78, 5) is 29.2. The zero-order valence-electron chi connectivity index (χ0n) is 16.1. The summed E-state index contributed by atoms with van der Waals surface area (Å²) in [5, 5.41) is 0. The fraction of sp³-hybridized carbons (Fsp3) is 0.619.